The van der Waals surface area contributed by atoms with E-state index in [1.165, 1.54) is 6.42 Å². The molecule has 2 heteroatoms. The van der Waals surface area contributed by atoms with Gasteiger partial charge in [0.25, 0.3) is 0 Å². The summed E-state index contributed by atoms with van der Waals surface area (Å²) in [5, 5.41) is 3.30. The molecule has 68 valence electrons. The van der Waals surface area contributed by atoms with Crippen molar-refractivity contribution in [3.63, 3.8) is 0 Å². The van der Waals surface area contributed by atoms with E-state index < -0.39 is 5.67 Å². The molecule has 12 heavy (non-hydrogen) atoms. The van der Waals surface area contributed by atoms with Crippen molar-refractivity contribution in [1.82, 2.24) is 5.32 Å². The lowest BCUT2D eigenvalue weighted by Gasteiger charge is -2.20. The molecule has 2 aliphatic rings. The van der Waals surface area contributed by atoms with E-state index in [-0.39, 0.29) is 0 Å². The Bertz CT molecular complexity index is 184. The summed E-state index contributed by atoms with van der Waals surface area (Å²) in [5.41, 5.74) is -0.832. The van der Waals surface area contributed by atoms with Crippen molar-refractivity contribution in [2.45, 2.75) is 43.8 Å². The van der Waals surface area contributed by atoms with Crippen molar-refractivity contribution in [1.29, 1.82) is 0 Å². The molecule has 1 fully saturated rings. The van der Waals surface area contributed by atoms with Gasteiger partial charge in [0.1, 0.15) is 5.67 Å². The molecule has 0 heterocycles. The molecule has 1 saturated carbocycles. The Hall–Kier alpha value is -0.370. The van der Waals surface area contributed by atoms with Gasteiger partial charge in [0.2, 0.25) is 0 Å². The zero-order valence-electron chi connectivity index (χ0n) is 7.35. The quantitative estimate of drug-likeness (QED) is 0.638. The molecule has 0 spiro atoms. The van der Waals surface area contributed by atoms with Gasteiger partial charge in [-0.25, -0.2) is 4.39 Å². The molecule has 0 bridgehead atoms. The first kappa shape index (κ1) is 8.24. The molecule has 0 aliphatic heterocycles. The Labute approximate surface area is 73.0 Å². The normalized spacial score (nSPS) is 31.9. The Kier molecular flexibility index (Phi) is 2.18. The topological polar surface area (TPSA) is 12.0 Å². The summed E-state index contributed by atoms with van der Waals surface area (Å²) in [6, 6.07) is 0.531. The van der Waals surface area contributed by atoms with Crippen LogP contribution in [0.25, 0.3) is 0 Å². The number of nitrogens with one attached hydrogen (secondary N) is 1. The predicted octanol–water partition coefficient (Wildman–Crippen LogP) is 2.19. The van der Waals surface area contributed by atoms with Gasteiger partial charge >= 0.3 is 0 Å². The molecule has 1 unspecified atom stereocenters. The summed E-state index contributed by atoms with van der Waals surface area (Å²) in [6.45, 7) is 0.575. The second-order valence-corrected chi connectivity index (χ2v) is 4.01. The van der Waals surface area contributed by atoms with Crippen molar-refractivity contribution in [3.8, 4) is 0 Å². The SMILES string of the molecule is FC1(CNC2CC=CCC2)CC1. The fraction of sp³-hybridized carbons (Fsp3) is 0.800. The van der Waals surface area contributed by atoms with Gasteiger partial charge in [0, 0.05) is 12.6 Å². The van der Waals surface area contributed by atoms with Gasteiger partial charge < -0.3 is 5.32 Å². The van der Waals surface area contributed by atoms with Gasteiger partial charge in [-0.3, -0.25) is 0 Å². The lowest BCUT2D eigenvalue weighted by atomic mass is 10.0. The Morgan fingerprint density at radius 2 is 2.25 bits per heavy atom. The van der Waals surface area contributed by atoms with E-state index in [0.717, 1.165) is 25.7 Å². The number of allylic oxidation sites excluding steroid dienone is 1. The second kappa shape index (κ2) is 3.17. The van der Waals surface area contributed by atoms with Crippen LogP contribution >= 0.6 is 0 Å². The summed E-state index contributed by atoms with van der Waals surface area (Å²) in [7, 11) is 0. The monoisotopic (exact) mass is 169 g/mol. The lowest BCUT2D eigenvalue weighted by Crippen LogP contribution is -2.35. The van der Waals surface area contributed by atoms with Crippen LogP contribution in [0.5, 0.6) is 0 Å². The standard InChI is InChI=1S/C10H16FN/c11-10(6-7-10)8-12-9-4-2-1-3-5-9/h1-2,9,12H,3-8H2. The van der Waals surface area contributed by atoms with E-state index in [1.807, 2.05) is 0 Å². The van der Waals surface area contributed by atoms with E-state index in [2.05, 4.69) is 17.5 Å². The van der Waals surface area contributed by atoms with Crippen LogP contribution < -0.4 is 5.32 Å². The molecular weight excluding hydrogens is 153 g/mol. The van der Waals surface area contributed by atoms with Gasteiger partial charge in [-0.15, -0.1) is 0 Å². The summed E-state index contributed by atoms with van der Waals surface area (Å²) in [4.78, 5) is 0. The molecule has 1 N–H and O–H groups in total. The van der Waals surface area contributed by atoms with Crippen molar-refractivity contribution >= 4 is 0 Å². The molecule has 0 radical (unpaired) electrons. The van der Waals surface area contributed by atoms with Crippen LogP contribution in [0.15, 0.2) is 12.2 Å². The maximum absolute atomic E-state index is 13.2. The highest BCUT2D eigenvalue weighted by Gasteiger charge is 2.42. The Balaban J connectivity index is 1.69. The second-order valence-electron chi connectivity index (χ2n) is 4.01. The van der Waals surface area contributed by atoms with E-state index in [1.54, 1.807) is 0 Å². The molecule has 1 nitrogen and oxygen atoms in total. The third-order valence-electron chi connectivity index (χ3n) is 2.77. The molecule has 1 atom stereocenters. The zero-order valence-corrected chi connectivity index (χ0v) is 7.35. The van der Waals surface area contributed by atoms with E-state index in [9.17, 15) is 4.39 Å². The summed E-state index contributed by atoms with van der Waals surface area (Å²) in [6.07, 6.45) is 9.34. The van der Waals surface area contributed by atoms with E-state index >= 15 is 0 Å². The predicted molar refractivity (Wildman–Crippen MR) is 47.9 cm³/mol. The highest BCUT2D eigenvalue weighted by atomic mass is 19.1. The number of rotatable bonds is 3. The number of hydrogen-bond acceptors (Lipinski definition) is 1. The number of hydrogen-bond donors (Lipinski definition) is 1. The molecule has 2 aliphatic carbocycles. The van der Waals surface area contributed by atoms with Crippen LogP contribution in [0.4, 0.5) is 4.39 Å². The number of alkyl halides is 1. The third-order valence-corrected chi connectivity index (χ3v) is 2.77. The van der Waals surface area contributed by atoms with Crippen LogP contribution in [0, 0.1) is 0 Å². The first-order valence-corrected chi connectivity index (χ1v) is 4.86. The van der Waals surface area contributed by atoms with Crippen LogP contribution in [-0.2, 0) is 0 Å². The van der Waals surface area contributed by atoms with Gasteiger partial charge in [-0.1, -0.05) is 12.2 Å². The number of halogens is 1. The maximum atomic E-state index is 13.2. The van der Waals surface area contributed by atoms with E-state index in [0.29, 0.717) is 12.6 Å². The molecular formula is C10H16FN. The molecule has 0 saturated heterocycles. The first-order chi connectivity index (χ1) is 5.79. The maximum Gasteiger partial charge on any atom is 0.123 e. The fourth-order valence-electron chi connectivity index (χ4n) is 1.62. The summed E-state index contributed by atoms with van der Waals surface area (Å²) >= 11 is 0. The average molecular weight is 169 g/mol. The zero-order chi connectivity index (χ0) is 8.44. The largest absolute Gasteiger partial charge is 0.310 e. The van der Waals surface area contributed by atoms with Crippen molar-refractivity contribution in [2.75, 3.05) is 6.54 Å². The highest BCUT2D eigenvalue weighted by Crippen LogP contribution is 2.39. The molecule has 2 rings (SSSR count). The molecule has 0 aromatic carbocycles. The third kappa shape index (κ3) is 2.07. The minimum Gasteiger partial charge on any atom is -0.310 e. The van der Waals surface area contributed by atoms with Gasteiger partial charge in [0.05, 0.1) is 0 Å². The highest BCUT2D eigenvalue weighted by molar-refractivity contribution is 4.99. The molecule has 0 aromatic rings. The Morgan fingerprint density at radius 3 is 2.83 bits per heavy atom. The summed E-state index contributed by atoms with van der Waals surface area (Å²) < 4.78 is 13.2. The summed E-state index contributed by atoms with van der Waals surface area (Å²) in [5.74, 6) is 0. The smallest absolute Gasteiger partial charge is 0.123 e. The van der Waals surface area contributed by atoms with Gasteiger partial charge in [0.15, 0.2) is 0 Å². The first-order valence-electron chi connectivity index (χ1n) is 4.86. The van der Waals surface area contributed by atoms with E-state index in [4.69, 9.17) is 0 Å². The van der Waals surface area contributed by atoms with Gasteiger partial charge in [-0.2, -0.15) is 0 Å². The Morgan fingerprint density at radius 1 is 1.42 bits per heavy atom. The molecule has 0 aromatic heterocycles. The van der Waals surface area contributed by atoms with Crippen molar-refractivity contribution < 1.29 is 4.39 Å². The van der Waals surface area contributed by atoms with Crippen LogP contribution in [-0.4, -0.2) is 18.3 Å². The van der Waals surface area contributed by atoms with Crippen molar-refractivity contribution in [2.24, 2.45) is 0 Å². The van der Waals surface area contributed by atoms with Gasteiger partial charge in [-0.05, 0) is 32.1 Å². The fourth-order valence-corrected chi connectivity index (χ4v) is 1.62. The lowest BCUT2D eigenvalue weighted by molar-refractivity contribution is 0.279. The minimum absolute atomic E-state index is 0.531. The average Bonchev–Trinajstić information content (AvgIpc) is 2.84. The van der Waals surface area contributed by atoms with Crippen molar-refractivity contribution in [3.05, 3.63) is 12.2 Å². The van der Waals surface area contributed by atoms with Crippen LogP contribution in [0.1, 0.15) is 32.1 Å². The minimum atomic E-state index is -0.832. The van der Waals surface area contributed by atoms with Crippen LogP contribution in [0.2, 0.25) is 0 Å². The van der Waals surface area contributed by atoms with Crippen LogP contribution in [0.3, 0.4) is 0 Å². The molecule has 0 amide bonds.